The fourth-order valence-electron chi connectivity index (χ4n) is 1.65. The molecule has 0 radical (unpaired) electrons. The van der Waals surface area contributed by atoms with E-state index in [9.17, 15) is 12.8 Å². The van der Waals surface area contributed by atoms with Gasteiger partial charge in [-0.05, 0) is 12.8 Å². The first-order valence-electron chi connectivity index (χ1n) is 6.00. The van der Waals surface area contributed by atoms with Crippen LogP contribution in [-0.4, -0.2) is 44.4 Å². The largest absolute Gasteiger partial charge is 1.00 e. The molecule has 1 aromatic rings. The molecule has 1 N–H and O–H groups in total. The van der Waals surface area contributed by atoms with Crippen molar-refractivity contribution in [3.63, 3.8) is 0 Å². The van der Waals surface area contributed by atoms with Gasteiger partial charge in [-0.25, -0.2) is 4.39 Å². The molecule has 2 atom stereocenters. The normalized spacial score (nSPS) is 18.9. The SMILES string of the molecule is O=S(=O)(O)C(F)CCCOCC1COc2cscc2O1.[H-].[K+]. The average Bonchev–Trinajstić information content (AvgIpc) is 2.84. The first-order valence-corrected chi connectivity index (χ1v) is 8.45. The number of hydrogen-bond donors (Lipinski definition) is 1. The van der Waals surface area contributed by atoms with E-state index in [2.05, 4.69) is 0 Å². The van der Waals surface area contributed by atoms with E-state index in [4.69, 9.17) is 18.8 Å². The van der Waals surface area contributed by atoms with Gasteiger partial charge in [0.2, 0.25) is 5.50 Å². The van der Waals surface area contributed by atoms with Crippen LogP contribution in [0.1, 0.15) is 14.3 Å². The molecule has 2 heterocycles. The van der Waals surface area contributed by atoms with E-state index in [1.807, 2.05) is 10.8 Å². The minimum absolute atomic E-state index is 0. The van der Waals surface area contributed by atoms with Crippen molar-refractivity contribution < 1.29 is 84.4 Å². The summed E-state index contributed by atoms with van der Waals surface area (Å²) >= 11 is 1.48. The van der Waals surface area contributed by atoms with E-state index < -0.39 is 15.6 Å². The van der Waals surface area contributed by atoms with Crippen LogP contribution < -0.4 is 60.9 Å². The van der Waals surface area contributed by atoms with Crippen molar-refractivity contribution in [2.45, 2.75) is 24.4 Å². The molecule has 0 saturated carbocycles. The maximum atomic E-state index is 12.9. The third-order valence-corrected chi connectivity index (χ3v) is 4.24. The Labute approximate surface area is 170 Å². The molecular formula is C11H16FKO6S2. The second-order valence-corrected chi connectivity index (χ2v) is 6.58. The van der Waals surface area contributed by atoms with Gasteiger partial charge in [0, 0.05) is 17.4 Å². The zero-order valence-corrected chi connectivity index (χ0v) is 16.3. The van der Waals surface area contributed by atoms with Crippen molar-refractivity contribution in [1.82, 2.24) is 0 Å². The zero-order chi connectivity index (χ0) is 14.6. The molecule has 2 unspecified atom stereocenters. The number of alkyl halides is 1. The Hall–Kier alpha value is 0.736. The van der Waals surface area contributed by atoms with E-state index in [0.29, 0.717) is 12.4 Å². The van der Waals surface area contributed by atoms with E-state index >= 15 is 0 Å². The predicted octanol–water partition coefficient (Wildman–Crippen LogP) is -1.02. The minimum atomic E-state index is -4.60. The zero-order valence-electron chi connectivity index (χ0n) is 12.5. The third-order valence-electron chi connectivity index (χ3n) is 2.66. The molecule has 1 aromatic heterocycles. The molecule has 0 aromatic carbocycles. The fraction of sp³-hybridized carbons (Fsp3) is 0.636. The van der Waals surface area contributed by atoms with Gasteiger partial charge in [-0.15, -0.1) is 11.3 Å². The van der Waals surface area contributed by atoms with E-state index in [-0.39, 0.29) is 85.0 Å². The molecule has 116 valence electrons. The molecule has 1 aliphatic heterocycles. The summed E-state index contributed by atoms with van der Waals surface area (Å²) in [6, 6.07) is 0. The molecule has 0 aliphatic carbocycles. The Morgan fingerprint density at radius 2 is 2.24 bits per heavy atom. The van der Waals surface area contributed by atoms with Crippen LogP contribution in [0.15, 0.2) is 10.8 Å². The van der Waals surface area contributed by atoms with Crippen molar-refractivity contribution in [2.24, 2.45) is 0 Å². The topological polar surface area (TPSA) is 82.1 Å². The quantitative estimate of drug-likeness (QED) is 0.378. The van der Waals surface area contributed by atoms with Gasteiger partial charge in [0.05, 0.1) is 6.61 Å². The van der Waals surface area contributed by atoms with Crippen molar-refractivity contribution >= 4 is 21.5 Å². The molecule has 6 nitrogen and oxygen atoms in total. The summed E-state index contributed by atoms with van der Waals surface area (Å²) in [5, 5.41) is 3.68. The average molecular weight is 366 g/mol. The van der Waals surface area contributed by atoms with Gasteiger partial charge < -0.3 is 15.6 Å². The minimum Gasteiger partial charge on any atom is -1.00 e. The third kappa shape index (κ3) is 6.40. The molecule has 0 amide bonds. The molecule has 0 spiro atoms. The van der Waals surface area contributed by atoms with Gasteiger partial charge in [-0.2, -0.15) is 8.42 Å². The van der Waals surface area contributed by atoms with Gasteiger partial charge in [0.15, 0.2) is 17.6 Å². The standard InChI is InChI=1S/C11H15FO6S2.K.H/c12-11(20(13,14)15)2-1-3-16-4-8-5-17-9-6-19-7-10(9)18-8;;/h6-8,11H,1-5H2,(H,13,14,15);;/q;+1;-1. The number of ether oxygens (including phenoxy) is 3. The number of hydrogen-bond acceptors (Lipinski definition) is 6. The van der Waals surface area contributed by atoms with Crippen LogP contribution in [0.25, 0.3) is 0 Å². The van der Waals surface area contributed by atoms with E-state index in [0.717, 1.165) is 5.75 Å². The van der Waals surface area contributed by atoms with Crippen LogP contribution in [0.5, 0.6) is 11.5 Å². The summed E-state index contributed by atoms with van der Waals surface area (Å²) in [7, 11) is -4.60. The molecule has 0 saturated heterocycles. The van der Waals surface area contributed by atoms with Gasteiger partial charge in [0.1, 0.15) is 6.61 Å². The predicted molar refractivity (Wildman–Crippen MR) is 71.8 cm³/mol. The number of thiophene rings is 1. The van der Waals surface area contributed by atoms with Gasteiger partial charge in [-0.3, -0.25) is 4.55 Å². The number of halogens is 1. The summed E-state index contributed by atoms with van der Waals surface area (Å²) in [6.45, 7) is 0.838. The summed E-state index contributed by atoms with van der Waals surface area (Å²) in [6.07, 6.45) is -0.340. The van der Waals surface area contributed by atoms with E-state index in [1.165, 1.54) is 11.3 Å². The molecule has 1 aliphatic rings. The summed E-state index contributed by atoms with van der Waals surface area (Å²) in [5.74, 6) is 1.41. The summed E-state index contributed by atoms with van der Waals surface area (Å²) < 4.78 is 58.5. The Morgan fingerprint density at radius 3 is 2.95 bits per heavy atom. The second-order valence-electron chi connectivity index (χ2n) is 4.29. The molecule has 0 fully saturated rings. The van der Waals surface area contributed by atoms with Gasteiger partial charge in [0.25, 0.3) is 10.1 Å². The molecule has 0 bridgehead atoms. The first kappa shape index (κ1) is 19.8. The van der Waals surface area contributed by atoms with Crippen LogP contribution in [0.3, 0.4) is 0 Å². The smallest absolute Gasteiger partial charge is 1.00 e. The van der Waals surface area contributed by atoms with Crippen LogP contribution in [0, 0.1) is 0 Å². The monoisotopic (exact) mass is 366 g/mol. The molecular weight excluding hydrogens is 350 g/mol. The Kier molecular flexibility index (Phi) is 8.60. The maximum Gasteiger partial charge on any atom is 1.00 e. The first-order chi connectivity index (χ1) is 9.47. The molecule has 21 heavy (non-hydrogen) atoms. The van der Waals surface area contributed by atoms with E-state index in [1.54, 1.807) is 0 Å². The molecule has 2 rings (SSSR count). The second kappa shape index (κ2) is 9.13. The van der Waals surface area contributed by atoms with Crippen LogP contribution in [0.2, 0.25) is 0 Å². The summed E-state index contributed by atoms with van der Waals surface area (Å²) in [5.41, 5.74) is -2.26. The Morgan fingerprint density at radius 1 is 1.52 bits per heavy atom. The number of rotatable bonds is 7. The van der Waals surface area contributed by atoms with Crippen LogP contribution in [0.4, 0.5) is 4.39 Å². The number of fused-ring (bicyclic) bond motifs is 1. The van der Waals surface area contributed by atoms with Crippen LogP contribution >= 0.6 is 11.3 Å². The van der Waals surface area contributed by atoms with Crippen molar-refractivity contribution in [1.29, 1.82) is 0 Å². The molecule has 10 heteroatoms. The van der Waals surface area contributed by atoms with Crippen molar-refractivity contribution in [3.05, 3.63) is 10.8 Å². The van der Waals surface area contributed by atoms with Crippen LogP contribution in [-0.2, 0) is 14.9 Å². The van der Waals surface area contributed by atoms with Crippen molar-refractivity contribution in [2.75, 3.05) is 19.8 Å². The Balaban J connectivity index is 0.00000220. The van der Waals surface area contributed by atoms with Gasteiger partial charge in [-0.1, -0.05) is 0 Å². The fourth-order valence-corrected chi connectivity index (χ4v) is 2.79. The Bertz CT molecular complexity index is 540. The van der Waals surface area contributed by atoms with Gasteiger partial charge >= 0.3 is 51.4 Å². The van der Waals surface area contributed by atoms with Crippen molar-refractivity contribution in [3.8, 4) is 11.5 Å². The summed E-state index contributed by atoms with van der Waals surface area (Å²) in [4.78, 5) is 0. The maximum absolute atomic E-state index is 12.9.